The third-order valence-corrected chi connectivity index (χ3v) is 3.46. The molecule has 0 amide bonds. The van der Waals surface area contributed by atoms with Gasteiger partial charge in [0.25, 0.3) is 0 Å². The molecule has 1 unspecified atom stereocenters. The molecule has 0 aliphatic heterocycles. The van der Waals surface area contributed by atoms with Gasteiger partial charge in [-0.2, -0.15) is 0 Å². The summed E-state index contributed by atoms with van der Waals surface area (Å²) >= 11 is 6.29. The standard InChI is InChI=1S/C15H21ClN2/c1-11(2)9-17-10-12(3)18-8-7-13-5-4-6-14(16)15(13)18/h4-8,11-12,17H,9-10H2,1-3H3. The van der Waals surface area contributed by atoms with Crippen molar-refractivity contribution in [2.24, 2.45) is 5.92 Å². The highest BCUT2D eigenvalue weighted by Gasteiger charge is 2.10. The zero-order valence-electron chi connectivity index (χ0n) is 11.3. The number of rotatable bonds is 5. The lowest BCUT2D eigenvalue weighted by Crippen LogP contribution is -2.26. The normalized spacial score (nSPS) is 13.4. The number of nitrogens with one attached hydrogen (secondary N) is 1. The van der Waals surface area contributed by atoms with Crippen molar-refractivity contribution in [2.45, 2.75) is 26.8 Å². The van der Waals surface area contributed by atoms with Crippen LogP contribution in [0.15, 0.2) is 30.5 Å². The Morgan fingerprint density at radius 2 is 1.94 bits per heavy atom. The average molecular weight is 265 g/mol. The number of hydrogen-bond acceptors (Lipinski definition) is 1. The smallest absolute Gasteiger partial charge is 0.0672 e. The van der Waals surface area contributed by atoms with Crippen molar-refractivity contribution in [1.29, 1.82) is 0 Å². The molecule has 1 aromatic carbocycles. The molecule has 1 heterocycles. The van der Waals surface area contributed by atoms with Gasteiger partial charge >= 0.3 is 0 Å². The van der Waals surface area contributed by atoms with E-state index in [2.05, 4.69) is 49.0 Å². The number of hydrogen-bond donors (Lipinski definition) is 1. The summed E-state index contributed by atoms with van der Waals surface area (Å²) in [5, 5.41) is 5.53. The Balaban J connectivity index is 2.15. The molecule has 2 aromatic rings. The molecule has 2 nitrogen and oxygen atoms in total. The van der Waals surface area contributed by atoms with E-state index in [0.29, 0.717) is 12.0 Å². The maximum atomic E-state index is 6.29. The van der Waals surface area contributed by atoms with Crippen LogP contribution in [-0.2, 0) is 0 Å². The molecule has 2 rings (SSSR count). The van der Waals surface area contributed by atoms with Crippen molar-refractivity contribution in [3.8, 4) is 0 Å². The minimum atomic E-state index is 0.404. The van der Waals surface area contributed by atoms with Crippen LogP contribution in [0.25, 0.3) is 10.9 Å². The molecule has 0 radical (unpaired) electrons. The van der Waals surface area contributed by atoms with Crippen LogP contribution >= 0.6 is 11.6 Å². The SMILES string of the molecule is CC(C)CNCC(C)n1ccc2cccc(Cl)c21. The maximum Gasteiger partial charge on any atom is 0.0672 e. The fourth-order valence-corrected chi connectivity index (χ4v) is 2.50. The van der Waals surface area contributed by atoms with Crippen LogP contribution in [0.3, 0.4) is 0 Å². The number of aromatic nitrogens is 1. The molecule has 0 bridgehead atoms. The summed E-state index contributed by atoms with van der Waals surface area (Å²) < 4.78 is 2.25. The first-order chi connectivity index (χ1) is 8.59. The summed E-state index contributed by atoms with van der Waals surface area (Å²) in [6.07, 6.45) is 2.12. The summed E-state index contributed by atoms with van der Waals surface area (Å²) in [4.78, 5) is 0. The second kappa shape index (κ2) is 5.77. The van der Waals surface area contributed by atoms with Crippen molar-refractivity contribution < 1.29 is 0 Å². The predicted molar refractivity (Wildman–Crippen MR) is 79.4 cm³/mol. The first-order valence-corrected chi connectivity index (χ1v) is 6.93. The third kappa shape index (κ3) is 2.88. The molecule has 0 saturated carbocycles. The van der Waals surface area contributed by atoms with Crippen LogP contribution in [0.2, 0.25) is 5.02 Å². The number of fused-ring (bicyclic) bond motifs is 1. The summed E-state index contributed by atoms with van der Waals surface area (Å²) in [5.74, 6) is 0.683. The molecule has 18 heavy (non-hydrogen) atoms. The van der Waals surface area contributed by atoms with Gasteiger partial charge in [0.05, 0.1) is 10.5 Å². The van der Waals surface area contributed by atoms with Crippen LogP contribution in [0.5, 0.6) is 0 Å². The van der Waals surface area contributed by atoms with Crippen LogP contribution in [-0.4, -0.2) is 17.7 Å². The highest BCUT2D eigenvalue weighted by molar-refractivity contribution is 6.35. The van der Waals surface area contributed by atoms with Gasteiger partial charge in [-0.25, -0.2) is 0 Å². The van der Waals surface area contributed by atoms with E-state index in [-0.39, 0.29) is 0 Å². The minimum Gasteiger partial charge on any atom is -0.342 e. The topological polar surface area (TPSA) is 17.0 Å². The van der Waals surface area contributed by atoms with Crippen LogP contribution in [0.1, 0.15) is 26.8 Å². The summed E-state index contributed by atoms with van der Waals surface area (Å²) in [6, 6.07) is 8.58. The van der Waals surface area contributed by atoms with E-state index in [1.807, 2.05) is 12.1 Å². The first kappa shape index (κ1) is 13.4. The molecule has 0 fully saturated rings. The Kier molecular flexibility index (Phi) is 4.31. The van der Waals surface area contributed by atoms with Crippen molar-refractivity contribution in [2.75, 3.05) is 13.1 Å². The van der Waals surface area contributed by atoms with Crippen LogP contribution < -0.4 is 5.32 Å². The molecular weight excluding hydrogens is 244 g/mol. The molecule has 0 aliphatic rings. The quantitative estimate of drug-likeness (QED) is 0.860. The molecule has 1 aromatic heterocycles. The van der Waals surface area contributed by atoms with E-state index in [0.717, 1.165) is 23.6 Å². The lowest BCUT2D eigenvalue weighted by Gasteiger charge is -2.17. The Morgan fingerprint density at radius 3 is 2.67 bits per heavy atom. The van der Waals surface area contributed by atoms with Gasteiger partial charge in [-0.1, -0.05) is 37.6 Å². The lowest BCUT2D eigenvalue weighted by molar-refractivity contribution is 0.472. The minimum absolute atomic E-state index is 0.404. The van der Waals surface area contributed by atoms with Crippen LogP contribution in [0, 0.1) is 5.92 Å². The first-order valence-electron chi connectivity index (χ1n) is 6.55. The van der Waals surface area contributed by atoms with Crippen molar-refractivity contribution in [1.82, 2.24) is 9.88 Å². The number of nitrogens with zero attached hydrogens (tertiary/aromatic N) is 1. The molecule has 98 valence electrons. The fraction of sp³-hybridized carbons (Fsp3) is 0.467. The van der Waals surface area contributed by atoms with Crippen LogP contribution in [0.4, 0.5) is 0 Å². The van der Waals surface area contributed by atoms with E-state index in [1.165, 1.54) is 5.39 Å². The van der Waals surface area contributed by atoms with Gasteiger partial charge in [0.15, 0.2) is 0 Å². The highest BCUT2D eigenvalue weighted by atomic mass is 35.5. The summed E-state index contributed by atoms with van der Waals surface area (Å²) in [7, 11) is 0. The van der Waals surface area contributed by atoms with E-state index in [4.69, 9.17) is 11.6 Å². The molecule has 0 saturated heterocycles. The van der Waals surface area contributed by atoms with Gasteiger partial charge in [-0.3, -0.25) is 0 Å². The Hall–Kier alpha value is -0.990. The van der Waals surface area contributed by atoms with Crippen molar-refractivity contribution in [3.05, 3.63) is 35.5 Å². The molecule has 3 heteroatoms. The second-order valence-electron chi connectivity index (χ2n) is 5.30. The van der Waals surface area contributed by atoms with E-state index < -0.39 is 0 Å². The largest absolute Gasteiger partial charge is 0.342 e. The Morgan fingerprint density at radius 1 is 1.17 bits per heavy atom. The predicted octanol–water partition coefficient (Wildman–Crippen LogP) is 4.10. The summed E-state index contributed by atoms with van der Waals surface area (Å²) in [5.41, 5.74) is 1.14. The van der Waals surface area contributed by atoms with Gasteiger partial charge in [0.2, 0.25) is 0 Å². The monoisotopic (exact) mass is 264 g/mol. The fourth-order valence-electron chi connectivity index (χ4n) is 2.22. The van der Waals surface area contributed by atoms with Gasteiger partial charge in [0, 0.05) is 24.2 Å². The molecule has 1 N–H and O–H groups in total. The molecule has 0 spiro atoms. The van der Waals surface area contributed by atoms with Gasteiger partial charge in [-0.05, 0) is 31.5 Å². The number of halogens is 1. The Labute approximate surface area is 114 Å². The zero-order valence-corrected chi connectivity index (χ0v) is 12.0. The van der Waals surface area contributed by atoms with E-state index >= 15 is 0 Å². The van der Waals surface area contributed by atoms with Gasteiger partial charge in [-0.15, -0.1) is 0 Å². The maximum absolute atomic E-state index is 6.29. The Bertz CT molecular complexity index is 516. The van der Waals surface area contributed by atoms with E-state index in [1.54, 1.807) is 0 Å². The highest BCUT2D eigenvalue weighted by Crippen LogP contribution is 2.26. The van der Waals surface area contributed by atoms with Gasteiger partial charge < -0.3 is 9.88 Å². The number of para-hydroxylation sites is 1. The van der Waals surface area contributed by atoms with Crippen molar-refractivity contribution in [3.63, 3.8) is 0 Å². The molecular formula is C15H21ClN2. The third-order valence-electron chi connectivity index (χ3n) is 3.16. The number of benzene rings is 1. The average Bonchev–Trinajstić information content (AvgIpc) is 2.73. The zero-order chi connectivity index (χ0) is 13.1. The molecule has 0 aliphatic carbocycles. The summed E-state index contributed by atoms with van der Waals surface area (Å²) in [6.45, 7) is 8.68. The van der Waals surface area contributed by atoms with Gasteiger partial charge in [0.1, 0.15) is 0 Å². The van der Waals surface area contributed by atoms with Crippen molar-refractivity contribution >= 4 is 22.5 Å². The second-order valence-corrected chi connectivity index (χ2v) is 5.71. The van der Waals surface area contributed by atoms with E-state index in [9.17, 15) is 0 Å². The molecule has 1 atom stereocenters. The lowest BCUT2D eigenvalue weighted by atomic mass is 10.2.